The van der Waals surface area contributed by atoms with Crippen LogP contribution in [0.5, 0.6) is 0 Å². The molecule has 0 radical (unpaired) electrons. The minimum Gasteiger partial charge on any atom is -0.368 e. The molecule has 0 aliphatic rings. The fourth-order valence-corrected chi connectivity index (χ4v) is 2.00. The Hall–Kier alpha value is -1.03. The van der Waals surface area contributed by atoms with E-state index in [1.54, 1.807) is 24.3 Å². The largest absolute Gasteiger partial charge is 0.368 e. The van der Waals surface area contributed by atoms with E-state index in [1.165, 1.54) is 0 Å². The quantitative estimate of drug-likeness (QED) is 0.807. The molecule has 2 aromatic rings. The molecule has 1 aromatic carbocycles. The van der Waals surface area contributed by atoms with Gasteiger partial charge in [-0.2, -0.15) is 0 Å². The number of nitrogens with zero attached hydrogens (tertiary/aromatic N) is 2. The Morgan fingerprint density at radius 2 is 1.50 bits per heavy atom. The summed E-state index contributed by atoms with van der Waals surface area (Å²) in [6.07, 6.45) is 0. The molecule has 1 aromatic heterocycles. The van der Waals surface area contributed by atoms with E-state index in [2.05, 4.69) is 9.97 Å². The maximum atomic E-state index is 5.89. The predicted molar refractivity (Wildman–Crippen MR) is 66.9 cm³/mol. The van der Waals surface area contributed by atoms with Crippen LogP contribution in [0.3, 0.4) is 0 Å². The lowest BCUT2D eigenvalue weighted by Gasteiger charge is -2.04. The average molecular weight is 275 g/mol. The van der Waals surface area contributed by atoms with E-state index in [-0.39, 0.29) is 11.1 Å². The van der Waals surface area contributed by atoms with Gasteiger partial charge in [0.15, 0.2) is 0 Å². The Kier molecular flexibility index (Phi) is 3.19. The fraction of sp³-hybridized carbons (Fsp3) is 0. The van der Waals surface area contributed by atoms with E-state index < -0.39 is 0 Å². The summed E-state index contributed by atoms with van der Waals surface area (Å²) in [7, 11) is 0. The average Bonchev–Trinajstić information content (AvgIpc) is 2.14. The number of hydrogen-bond donors (Lipinski definition) is 1. The summed E-state index contributed by atoms with van der Waals surface area (Å²) in [6, 6.07) is 6.69. The molecule has 0 spiro atoms. The first-order valence-electron chi connectivity index (χ1n) is 4.31. The SMILES string of the molecule is Nc1nc(Cl)cc(-c2cc(Cl)cc(Cl)c2)n1. The van der Waals surface area contributed by atoms with E-state index in [0.717, 1.165) is 5.56 Å². The minimum absolute atomic E-state index is 0.110. The highest BCUT2D eigenvalue weighted by Gasteiger charge is 2.05. The maximum absolute atomic E-state index is 5.89. The molecule has 0 bridgehead atoms. The number of anilines is 1. The molecule has 0 aliphatic carbocycles. The van der Waals surface area contributed by atoms with Gasteiger partial charge in [0.1, 0.15) is 5.15 Å². The molecule has 0 fully saturated rings. The van der Waals surface area contributed by atoms with Gasteiger partial charge in [-0.25, -0.2) is 9.97 Å². The number of halogens is 3. The highest BCUT2D eigenvalue weighted by Crippen LogP contribution is 2.27. The molecule has 0 unspecified atom stereocenters. The normalized spacial score (nSPS) is 10.4. The smallest absolute Gasteiger partial charge is 0.221 e. The summed E-state index contributed by atoms with van der Waals surface area (Å²) in [5, 5.41) is 1.32. The van der Waals surface area contributed by atoms with Crippen molar-refractivity contribution in [3.8, 4) is 11.3 Å². The van der Waals surface area contributed by atoms with Crippen LogP contribution in [0.4, 0.5) is 5.95 Å². The topological polar surface area (TPSA) is 51.8 Å². The molecular formula is C10H6Cl3N3. The number of rotatable bonds is 1. The van der Waals surface area contributed by atoms with Crippen molar-refractivity contribution >= 4 is 40.8 Å². The predicted octanol–water partition coefficient (Wildman–Crippen LogP) is 3.69. The van der Waals surface area contributed by atoms with Crippen molar-refractivity contribution in [1.82, 2.24) is 9.97 Å². The van der Waals surface area contributed by atoms with Gasteiger partial charge in [0.05, 0.1) is 5.69 Å². The molecule has 0 amide bonds. The van der Waals surface area contributed by atoms with Crippen molar-refractivity contribution in [2.24, 2.45) is 0 Å². The van der Waals surface area contributed by atoms with Crippen molar-refractivity contribution in [3.05, 3.63) is 39.5 Å². The van der Waals surface area contributed by atoms with Gasteiger partial charge >= 0.3 is 0 Å². The standard InChI is InChI=1S/C10H6Cl3N3/c11-6-1-5(2-7(12)3-6)8-4-9(13)16-10(14)15-8/h1-4H,(H2,14,15,16). The van der Waals surface area contributed by atoms with E-state index in [9.17, 15) is 0 Å². The Balaban J connectivity index is 2.57. The van der Waals surface area contributed by atoms with Gasteiger partial charge in [0.2, 0.25) is 5.95 Å². The molecule has 6 heteroatoms. The van der Waals surface area contributed by atoms with Crippen LogP contribution in [0, 0.1) is 0 Å². The van der Waals surface area contributed by atoms with Crippen LogP contribution in [0.1, 0.15) is 0 Å². The first-order valence-corrected chi connectivity index (χ1v) is 5.44. The second-order valence-corrected chi connectivity index (χ2v) is 4.35. The lowest BCUT2D eigenvalue weighted by Crippen LogP contribution is -1.96. The second-order valence-electron chi connectivity index (χ2n) is 3.09. The van der Waals surface area contributed by atoms with E-state index >= 15 is 0 Å². The van der Waals surface area contributed by atoms with E-state index in [1.807, 2.05) is 0 Å². The Morgan fingerprint density at radius 3 is 2.06 bits per heavy atom. The molecule has 82 valence electrons. The summed E-state index contributed by atoms with van der Waals surface area (Å²) in [6.45, 7) is 0. The molecule has 16 heavy (non-hydrogen) atoms. The summed E-state index contributed by atoms with van der Waals surface area (Å²) in [5.74, 6) is 0.110. The zero-order chi connectivity index (χ0) is 11.7. The molecule has 0 saturated carbocycles. The highest BCUT2D eigenvalue weighted by molar-refractivity contribution is 6.35. The molecule has 1 heterocycles. The molecule has 3 nitrogen and oxygen atoms in total. The Bertz CT molecular complexity index is 453. The van der Waals surface area contributed by atoms with Gasteiger partial charge in [-0.3, -0.25) is 0 Å². The van der Waals surface area contributed by atoms with Crippen LogP contribution in [-0.2, 0) is 0 Å². The molecular weight excluding hydrogens is 268 g/mol. The monoisotopic (exact) mass is 273 g/mol. The van der Waals surface area contributed by atoms with Crippen LogP contribution in [0.2, 0.25) is 15.2 Å². The van der Waals surface area contributed by atoms with E-state index in [4.69, 9.17) is 40.5 Å². The van der Waals surface area contributed by atoms with Gasteiger partial charge in [-0.05, 0) is 18.2 Å². The molecule has 2 rings (SSSR count). The van der Waals surface area contributed by atoms with Gasteiger partial charge in [-0.15, -0.1) is 0 Å². The summed E-state index contributed by atoms with van der Waals surface area (Å²) < 4.78 is 0. The summed E-state index contributed by atoms with van der Waals surface area (Å²) >= 11 is 17.6. The summed E-state index contributed by atoms with van der Waals surface area (Å²) in [4.78, 5) is 7.82. The van der Waals surface area contributed by atoms with Gasteiger partial charge in [0.25, 0.3) is 0 Å². The number of benzene rings is 1. The molecule has 2 N–H and O–H groups in total. The number of hydrogen-bond acceptors (Lipinski definition) is 3. The van der Waals surface area contributed by atoms with Crippen LogP contribution in [0.15, 0.2) is 24.3 Å². The third-order valence-corrected chi connectivity index (χ3v) is 2.50. The maximum Gasteiger partial charge on any atom is 0.221 e. The lowest BCUT2D eigenvalue weighted by molar-refractivity contribution is 1.19. The Labute approximate surface area is 107 Å². The number of nitrogens with two attached hydrogens (primary N) is 1. The zero-order valence-electron chi connectivity index (χ0n) is 7.92. The molecule has 0 saturated heterocycles. The molecule has 0 aliphatic heterocycles. The first-order chi connectivity index (χ1) is 7.54. The molecule has 0 atom stereocenters. The van der Waals surface area contributed by atoms with Crippen molar-refractivity contribution in [1.29, 1.82) is 0 Å². The van der Waals surface area contributed by atoms with Gasteiger partial charge in [0, 0.05) is 21.7 Å². The van der Waals surface area contributed by atoms with Crippen LogP contribution >= 0.6 is 34.8 Å². The van der Waals surface area contributed by atoms with Crippen LogP contribution in [0.25, 0.3) is 11.3 Å². The lowest BCUT2D eigenvalue weighted by atomic mass is 10.1. The zero-order valence-corrected chi connectivity index (χ0v) is 10.2. The Morgan fingerprint density at radius 1 is 0.875 bits per heavy atom. The third-order valence-electron chi connectivity index (χ3n) is 1.87. The van der Waals surface area contributed by atoms with Crippen molar-refractivity contribution in [2.45, 2.75) is 0 Å². The van der Waals surface area contributed by atoms with E-state index in [0.29, 0.717) is 15.7 Å². The minimum atomic E-state index is 0.110. The second kappa shape index (κ2) is 4.45. The first kappa shape index (κ1) is 11.5. The van der Waals surface area contributed by atoms with Crippen molar-refractivity contribution in [2.75, 3.05) is 5.73 Å². The fourth-order valence-electron chi connectivity index (χ4n) is 1.28. The van der Waals surface area contributed by atoms with Crippen LogP contribution in [-0.4, -0.2) is 9.97 Å². The van der Waals surface area contributed by atoms with Crippen molar-refractivity contribution < 1.29 is 0 Å². The van der Waals surface area contributed by atoms with Gasteiger partial charge < -0.3 is 5.73 Å². The van der Waals surface area contributed by atoms with Crippen LogP contribution < -0.4 is 5.73 Å². The van der Waals surface area contributed by atoms with Crippen molar-refractivity contribution in [3.63, 3.8) is 0 Å². The highest BCUT2D eigenvalue weighted by atomic mass is 35.5. The number of nitrogen functional groups attached to an aromatic ring is 1. The third kappa shape index (κ3) is 2.55. The van der Waals surface area contributed by atoms with Gasteiger partial charge in [-0.1, -0.05) is 34.8 Å². The summed E-state index contributed by atoms with van der Waals surface area (Å²) in [5.41, 5.74) is 6.83. The number of aromatic nitrogens is 2.